The summed E-state index contributed by atoms with van der Waals surface area (Å²) in [4.78, 5) is 12.4. The van der Waals surface area contributed by atoms with E-state index in [4.69, 9.17) is 14.2 Å². The van der Waals surface area contributed by atoms with Crippen molar-refractivity contribution in [2.24, 2.45) is 0 Å². The number of ether oxygens (including phenoxy) is 3. The van der Waals surface area contributed by atoms with E-state index < -0.39 is 0 Å². The van der Waals surface area contributed by atoms with Gasteiger partial charge >= 0.3 is 0 Å². The van der Waals surface area contributed by atoms with Gasteiger partial charge in [-0.25, -0.2) is 0 Å². The average molecular weight is 431 g/mol. The minimum atomic E-state index is 0.0585. The highest BCUT2D eigenvalue weighted by Gasteiger charge is 2.24. The first-order valence-corrected chi connectivity index (χ1v) is 11.6. The molecule has 1 aromatic heterocycles. The van der Waals surface area contributed by atoms with Crippen molar-refractivity contribution in [1.82, 2.24) is 20.1 Å². The topological polar surface area (TPSA) is 87.5 Å². The fraction of sp³-hybridized carbons (Fsp3) is 0.571. The van der Waals surface area contributed by atoms with Gasteiger partial charge in [0.2, 0.25) is 12.7 Å². The Hall–Kier alpha value is -2.26. The summed E-state index contributed by atoms with van der Waals surface area (Å²) in [6.45, 7) is 1.69. The van der Waals surface area contributed by atoms with Gasteiger partial charge in [0, 0.05) is 18.2 Å². The maximum atomic E-state index is 12.4. The predicted octanol–water partition coefficient (Wildman–Crippen LogP) is 3.00. The number of carbonyl (C=O) groups excluding carboxylic acids is 1. The van der Waals surface area contributed by atoms with Crippen LogP contribution < -0.4 is 14.8 Å². The van der Waals surface area contributed by atoms with Gasteiger partial charge in [0.25, 0.3) is 0 Å². The molecular weight excluding hydrogens is 404 g/mol. The molecule has 0 spiro atoms. The van der Waals surface area contributed by atoms with Crippen LogP contribution in [0.2, 0.25) is 0 Å². The van der Waals surface area contributed by atoms with Crippen molar-refractivity contribution in [2.75, 3.05) is 19.2 Å². The molecule has 1 N–H and O–H groups in total. The van der Waals surface area contributed by atoms with Gasteiger partial charge in [-0.1, -0.05) is 24.6 Å². The second-order valence-corrected chi connectivity index (χ2v) is 8.90. The van der Waals surface area contributed by atoms with Gasteiger partial charge in [-0.2, -0.15) is 0 Å². The summed E-state index contributed by atoms with van der Waals surface area (Å²) in [7, 11) is 0. The molecule has 1 unspecified atom stereocenters. The molecule has 5 rings (SSSR count). The standard InChI is InChI=1S/C21H26N4O4S/c26-19(22-15-4-1-2-5-15)12-30-21-24-23-20(25(21)11-16-6-3-9-27-16)14-7-8-17-18(10-14)29-13-28-17/h7-8,10,15-16H,1-6,9,11-13H2,(H,22,26). The van der Waals surface area contributed by atoms with Crippen LogP contribution in [0.4, 0.5) is 0 Å². The molecule has 1 atom stereocenters. The molecule has 1 saturated heterocycles. The van der Waals surface area contributed by atoms with Crippen molar-refractivity contribution in [1.29, 1.82) is 0 Å². The number of aromatic nitrogens is 3. The van der Waals surface area contributed by atoms with E-state index in [1.807, 2.05) is 18.2 Å². The fourth-order valence-electron chi connectivity index (χ4n) is 4.27. The van der Waals surface area contributed by atoms with Crippen LogP contribution in [0.3, 0.4) is 0 Å². The van der Waals surface area contributed by atoms with Crippen molar-refractivity contribution in [3.8, 4) is 22.9 Å². The summed E-state index contributed by atoms with van der Waals surface area (Å²) in [6.07, 6.45) is 6.79. The number of nitrogens with one attached hydrogen (secondary N) is 1. The molecule has 1 amide bonds. The average Bonchev–Trinajstić information content (AvgIpc) is 3.54. The van der Waals surface area contributed by atoms with Crippen molar-refractivity contribution < 1.29 is 19.0 Å². The van der Waals surface area contributed by atoms with Crippen molar-refractivity contribution in [3.63, 3.8) is 0 Å². The lowest BCUT2D eigenvalue weighted by molar-refractivity contribution is -0.119. The van der Waals surface area contributed by atoms with E-state index in [1.165, 1.54) is 24.6 Å². The normalized spacial score (nSPS) is 20.7. The van der Waals surface area contributed by atoms with E-state index in [9.17, 15) is 4.79 Å². The van der Waals surface area contributed by atoms with Gasteiger partial charge in [0.05, 0.1) is 18.4 Å². The van der Waals surface area contributed by atoms with E-state index in [-0.39, 0.29) is 18.8 Å². The molecule has 1 aromatic carbocycles. The monoisotopic (exact) mass is 430 g/mol. The first-order chi connectivity index (χ1) is 14.8. The number of nitrogens with zero attached hydrogens (tertiary/aromatic N) is 3. The molecule has 2 aromatic rings. The van der Waals surface area contributed by atoms with Crippen LogP contribution in [-0.2, 0) is 16.1 Å². The van der Waals surface area contributed by atoms with E-state index in [1.54, 1.807) is 0 Å². The molecule has 30 heavy (non-hydrogen) atoms. The quantitative estimate of drug-likeness (QED) is 0.676. The third-order valence-electron chi connectivity index (χ3n) is 5.81. The zero-order valence-corrected chi connectivity index (χ0v) is 17.7. The van der Waals surface area contributed by atoms with Crippen LogP contribution in [0.15, 0.2) is 23.4 Å². The Morgan fingerprint density at radius 2 is 2.00 bits per heavy atom. The smallest absolute Gasteiger partial charge is 0.231 e. The van der Waals surface area contributed by atoms with Gasteiger partial charge < -0.3 is 19.5 Å². The van der Waals surface area contributed by atoms with E-state index in [0.717, 1.165) is 54.6 Å². The van der Waals surface area contributed by atoms with Gasteiger partial charge in [0.15, 0.2) is 22.5 Å². The first kappa shape index (κ1) is 19.7. The molecule has 9 heteroatoms. The van der Waals surface area contributed by atoms with Gasteiger partial charge in [-0.15, -0.1) is 10.2 Å². The van der Waals surface area contributed by atoms with Crippen molar-refractivity contribution >= 4 is 17.7 Å². The molecule has 0 bridgehead atoms. The Labute approximate surface area is 179 Å². The van der Waals surface area contributed by atoms with Crippen LogP contribution in [-0.4, -0.2) is 52.0 Å². The molecule has 3 aliphatic rings. The molecule has 0 radical (unpaired) electrons. The Kier molecular flexibility index (Phi) is 5.81. The maximum Gasteiger partial charge on any atom is 0.231 e. The van der Waals surface area contributed by atoms with Crippen molar-refractivity contribution in [2.45, 2.75) is 62.4 Å². The highest BCUT2D eigenvalue weighted by atomic mass is 32.2. The number of fused-ring (bicyclic) bond motifs is 1. The lowest BCUT2D eigenvalue weighted by atomic mass is 10.2. The summed E-state index contributed by atoms with van der Waals surface area (Å²) >= 11 is 1.43. The second-order valence-electron chi connectivity index (χ2n) is 7.96. The Bertz CT molecular complexity index is 906. The lowest BCUT2D eigenvalue weighted by Gasteiger charge is -2.15. The molecule has 8 nitrogen and oxygen atoms in total. The van der Waals surface area contributed by atoms with Crippen LogP contribution in [0, 0.1) is 0 Å². The predicted molar refractivity (Wildman–Crippen MR) is 112 cm³/mol. The molecule has 2 fully saturated rings. The zero-order valence-electron chi connectivity index (χ0n) is 16.8. The van der Waals surface area contributed by atoms with Crippen LogP contribution >= 0.6 is 11.8 Å². The van der Waals surface area contributed by atoms with E-state index >= 15 is 0 Å². The molecule has 1 aliphatic carbocycles. The Morgan fingerprint density at radius 1 is 1.13 bits per heavy atom. The van der Waals surface area contributed by atoms with Gasteiger partial charge in [-0.05, 0) is 43.9 Å². The number of benzene rings is 1. The zero-order chi connectivity index (χ0) is 20.3. The molecular formula is C21H26N4O4S. The second kappa shape index (κ2) is 8.85. The number of hydrogen-bond donors (Lipinski definition) is 1. The van der Waals surface area contributed by atoms with Gasteiger partial charge in [0.1, 0.15) is 0 Å². The SMILES string of the molecule is O=C(CSc1nnc(-c2ccc3c(c2)OCO3)n1CC1CCCO1)NC1CCCC1. The highest BCUT2D eigenvalue weighted by molar-refractivity contribution is 7.99. The number of thioether (sulfide) groups is 1. The number of rotatable bonds is 7. The fourth-order valence-corrected chi connectivity index (χ4v) is 5.03. The Balaban J connectivity index is 1.34. The molecule has 1 saturated carbocycles. The minimum Gasteiger partial charge on any atom is -0.454 e. The third kappa shape index (κ3) is 4.27. The molecule has 160 valence electrons. The number of amides is 1. The summed E-state index contributed by atoms with van der Waals surface area (Å²) in [5.74, 6) is 2.60. The van der Waals surface area contributed by atoms with Crippen LogP contribution in [0.25, 0.3) is 11.4 Å². The van der Waals surface area contributed by atoms with E-state index in [0.29, 0.717) is 24.1 Å². The summed E-state index contributed by atoms with van der Waals surface area (Å²) in [5.41, 5.74) is 0.909. The largest absolute Gasteiger partial charge is 0.454 e. The molecule has 2 aliphatic heterocycles. The van der Waals surface area contributed by atoms with Crippen molar-refractivity contribution in [3.05, 3.63) is 18.2 Å². The minimum absolute atomic E-state index is 0.0585. The highest BCUT2D eigenvalue weighted by Crippen LogP contribution is 2.36. The third-order valence-corrected chi connectivity index (χ3v) is 6.78. The van der Waals surface area contributed by atoms with Crippen LogP contribution in [0.1, 0.15) is 38.5 Å². The number of hydrogen-bond acceptors (Lipinski definition) is 7. The Morgan fingerprint density at radius 3 is 2.83 bits per heavy atom. The summed E-state index contributed by atoms with van der Waals surface area (Å²) < 4.78 is 18.9. The lowest BCUT2D eigenvalue weighted by Crippen LogP contribution is -2.33. The first-order valence-electron chi connectivity index (χ1n) is 10.6. The number of carbonyl (C=O) groups is 1. The summed E-state index contributed by atoms with van der Waals surface area (Å²) in [6, 6.07) is 6.11. The molecule has 3 heterocycles. The van der Waals surface area contributed by atoms with Crippen LogP contribution in [0.5, 0.6) is 11.5 Å². The van der Waals surface area contributed by atoms with E-state index in [2.05, 4.69) is 20.1 Å². The maximum absolute atomic E-state index is 12.4. The summed E-state index contributed by atoms with van der Waals surface area (Å²) in [5, 5.41) is 12.7. The van der Waals surface area contributed by atoms with Gasteiger partial charge in [-0.3, -0.25) is 9.36 Å².